The van der Waals surface area contributed by atoms with E-state index in [0.29, 0.717) is 5.52 Å². The summed E-state index contributed by atoms with van der Waals surface area (Å²) in [6.45, 7) is 1.36. The molecule has 0 unspecified atom stereocenters. The van der Waals surface area contributed by atoms with Gasteiger partial charge in [-0.3, -0.25) is 9.59 Å². The highest BCUT2D eigenvalue weighted by Crippen LogP contribution is 2.15. The van der Waals surface area contributed by atoms with Gasteiger partial charge in [-0.25, -0.2) is 18.1 Å². The maximum atomic E-state index is 13.2. The minimum Gasteiger partial charge on any atom is -0.324 e. The molecule has 0 aliphatic carbocycles. The van der Waals surface area contributed by atoms with E-state index < -0.39 is 34.8 Å². The van der Waals surface area contributed by atoms with Crippen LogP contribution in [0.25, 0.3) is 10.9 Å². The van der Waals surface area contributed by atoms with Gasteiger partial charge in [-0.15, -0.1) is 0 Å². The van der Waals surface area contributed by atoms with E-state index in [2.05, 4.69) is 10.3 Å². The summed E-state index contributed by atoms with van der Waals surface area (Å²) in [5, 5.41) is 2.61. The highest BCUT2D eigenvalue weighted by Gasteiger charge is 2.20. The van der Waals surface area contributed by atoms with Crippen molar-refractivity contribution in [3.05, 3.63) is 74.9 Å². The number of anilines is 1. The van der Waals surface area contributed by atoms with Crippen molar-refractivity contribution < 1.29 is 13.6 Å². The number of benzene rings is 2. The van der Waals surface area contributed by atoms with E-state index >= 15 is 0 Å². The molecule has 3 rings (SSSR count). The highest BCUT2D eigenvalue weighted by molar-refractivity contribution is 5.93. The van der Waals surface area contributed by atoms with Crippen molar-refractivity contribution >= 4 is 22.5 Å². The molecule has 1 heterocycles. The summed E-state index contributed by atoms with van der Waals surface area (Å²) in [6.07, 6.45) is 0. The lowest BCUT2D eigenvalue weighted by molar-refractivity contribution is -0.119. The summed E-state index contributed by atoms with van der Waals surface area (Å²) < 4.78 is 26.9. The first kappa shape index (κ1) is 16.6. The normalized spacial score (nSPS) is 12.1. The average molecular weight is 345 g/mol. The van der Waals surface area contributed by atoms with Gasteiger partial charge < -0.3 is 10.3 Å². The van der Waals surface area contributed by atoms with Gasteiger partial charge in [0, 0.05) is 11.8 Å². The summed E-state index contributed by atoms with van der Waals surface area (Å²) in [6, 6.07) is 8.11. The van der Waals surface area contributed by atoms with E-state index in [4.69, 9.17) is 0 Å². The fourth-order valence-electron chi connectivity index (χ4n) is 2.47. The molecule has 6 nitrogen and oxygen atoms in total. The van der Waals surface area contributed by atoms with Gasteiger partial charge in [0.1, 0.15) is 6.04 Å². The lowest BCUT2D eigenvalue weighted by Gasteiger charge is -2.15. The maximum Gasteiger partial charge on any atom is 0.329 e. The third-order valence-corrected chi connectivity index (χ3v) is 3.79. The van der Waals surface area contributed by atoms with Crippen LogP contribution < -0.4 is 16.6 Å². The summed E-state index contributed by atoms with van der Waals surface area (Å²) >= 11 is 0. The first-order valence-electron chi connectivity index (χ1n) is 7.38. The molecule has 2 aromatic carbocycles. The van der Waals surface area contributed by atoms with Crippen LogP contribution >= 0.6 is 0 Å². The molecule has 0 spiro atoms. The zero-order valence-corrected chi connectivity index (χ0v) is 13.0. The van der Waals surface area contributed by atoms with Crippen LogP contribution in [0, 0.1) is 11.6 Å². The van der Waals surface area contributed by atoms with Crippen molar-refractivity contribution in [3.8, 4) is 0 Å². The van der Waals surface area contributed by atoms with E-state index in [0.717, 1.165) is 16.7 Å². The maximum absolute atomic E-state index is 13.2. The Balaban J connectivity index is 1.97. The molecule has 0 saturated heterocycles. The van der Waals surface area contributed by atoms with Crippen molar-refractivity contribution in [1.29, 1.82) is 0 Å². The number of rotatable bonds is 3. The number of halogens is 2. The molecule has 1 aromatic heterocycles. The molecule has 1 amide bonds. The minimum absolute atomic E-state index is 0.0148. The number of H-pyrrole nitrogens is 1. The number of fused-ring (bicyclic) bond motifs is 1. The second-order valence-corrected chi connectivity index (χ2v) is 5.45. The van der Waals surface area contributed by atoms with Crippen LogP contribution in [-0.2, 0) is 4.79 Å². The Labute approximate surface area is 139 Å². The third kappa shape index (κ3) is 3.06. The van der Waals surface area contributed by atoms with Gasteiger partial charge in [-0.2, -0.15) is 0 Å². The molecule has 128 valence electrons. The minimum atomic E-state index is -1.16. The zero-order chi connectivity index (χ0) is 18.1. The summed E-state index contributed by atoms with van der Waals surface area (Å²) in [4.78, 5) is 39.5. The summed E-state index contributed by atoms with van der Waals surface area (Å²) in [5.41, 5.74) is -0.980. The predicted octanol–water partition coefficient (Wildman–Crippen LogP) is 2.17. The molecule has 0 bridgehead atoms. The Kier molecular flexibility index (Phi) is 4.18. The van der Waals surface area contributed by atoms with Crippen molar-refractivity contribution in [3.63, 3.8) is 0 Å². The van der Waals surface area contributed by atoms with Crippen LogP contribution in [0.3, 0.4) is 0 Å². The van der Waals surface area contributed by atoms with Crippen molar-refractivity contribution in [2.75, 3.05) is 5.32 Å². The van der Waals surface area contributed by atoms with Crippen LogP contribution in [-0.4, -0.2) is 15.5 Å². The molecule has 0 radical (unpaired) electrons. The molecule has 0 fully saturated rings. The number of carbonyl (C=O) groups excluding carboxylic acids is 1. The quantitative estimate of drug-likeness (QED) is 0.763. The van der Waals surface area contributed by atoms with Gasteiger partial charge in [0.2, 0.25) is 5.91 Å². The van der Waals surface area contributed by atoms with E-state index in [1.165, 1.54) is 19.1 Å². The highest BCUT2D eigenvalue weighted by atomic mass is 19.2. The van der Waals surface area contributed by atoms with Gasteiger partial charge in [0.15, 0.2) is 11.6 Å². The number of amides is 1. The van der Waals surface area contributed by atoms with Crippen molar-refractivity contribution in [2.24, 2.45) is 0 Å². The van der Waals surface area contributed by atoms with E-state index in [1.807, 2.05) is 0 Å². The number of para-hydroxylation sites is 1. The van der Waals surface area contributed by atoms with Crippen LogP contribution in [0.5, 0.6) is 0 Å². The second kappa shape index (κ2) is 6.31. The van der Waals surface area contributed by atoms with Gasteiger partial charge in [0.25, 0.3) is 5.56 Å². The largest absolute Gasteiger partial charge is 0.329 e. The summed E-state index contributed by atoms with van der Waals surface area (Å²) in [7, 11) is 0. The molecular formula is C17H13F2N3O3. The van der Waals surface area contributed by atoms with Gasteiger partial charge in [-0.1, -0.05) is 12.1 Å². The molecule has 3 aromatic rings. The molecule has 2 N–H and O–H groups in total. The number of nitrogens with zero attached hydrogens (tertiary/aromatic N) is 1. The average Bonchev–Trinajstić information content (AvgIpc) is 2.58. The van der Waals surface area contributed by atoms with E-state index in [-0.39, 0.29) is 11.1 Å². The number of carbonyl (C=O) groups is 1. The molecule has 25 heavy (non-hydrogen) atoms. The monoisotopic (exact) mass is 345 g/mol. The van der Waals surface area contributed by atoms with Crippen LogP contribution in [0.1, 0.15) is 13.0 Å². The molecular weight excluding hydrogens is 332 g/mol. The number of nitrogens with one attached hydrogen (secondary N) is 2. The number of aromatic amines is 1. The molecule has 0 saturated carbocycles. The topological polar surface area (TPSA) is 84.0 Å². The molecule has 8 heteroatoms. The fourth-order valence-corrected chi connectivity index (χ4v) is 2.47. The third-order valence-electron chi connectivity index (χ3n) is 3.79. The SMILES string of the molecule is C[C@@H](C(=O)Nc1ccc(F)c(F)c1)n1c(=O)[nH]c2ccccc2c1=O. The van der Waals surface area contributed by atoms with Gasteiger partial charge in [-0.05, 0) is 31.2 Å². The smallest absolute Gasteiger partial charge is 0.324 e. The number of hydrogen-bond donors (Lipinski definition) is 2. The Morgan fingerprint density at radius 2 is 1.84 bits per heavy atom. The van der Waals surface area contributed by atoms with Crippen molar-refractivity contribution in [1.82, 2.24) is 9.55 Å². The lowest BCUT2D eigenvalue weighted by Crippen LogP contribution is -2.41. The van der Waals surface area contributed by atoms with Crippen molar-refractivity contribution in [2.45, 2.75) is 13.0 Å². The van der Waals surface area contributed by atoms with Gasteiger partial charge >= 0.3 is 5.69 Å². The predicted molar refractivity (Wildman–Crippen MR) is 88.5 cm³/mol. The van der Waals surface area contributed by atoms with Crippen LogP contribution in [0.2, 0.25) is 0 Å². The van der Waals surface area contributed by atoms with Crippen LogP contribution in [0.4, 0.5) is 14.5 Å². The van der Waals surface area contributed by atoms with E-state index in [9.17, 15) is 23.2 Å². The van der Waals surface area contributed by atoms with Crippen LogP contribution in [0.15, 0.2) is 52.1 Å². The Hall–Kier alpha value is -3.29. The van der Waals surface area contributed by atoms with E-state index in [1.54, 1.807) is 18.2 Å². The molecule has 0 aliphatic rings. The number of aromatic nitrogens is 2. The molecule has 1 atom stereocenters. The fraction of sp³-hybridized carbons (Fsp3) is 0.118. The first-order valence-corrected chi connectivity index (χ1v) is 7.38. The lowest BCUT2D eigenvalue weighted by atomic mass is 10.2. The zero-order valence-electron chi connectivity index (χ0n) is 13.0. The molecule has 0 aliphatic heterocycles. The Morgan fingerprint density at radius 3 is 2.56 bits per heavy atom. The standard InChI is InChI=1S/C17H13F2N3O3/c1-9(15(23)20-10-6-7-12(18)13(19)8-10)22-16(24)11-4-2-3-5-14(11)21-17(22)25/h2-9H,1H3,(H,20,23)(H,21,25)/t9-/m0/s1. The Morgan fingerprint density at radius 1 is 1.12 bits per heavy atom. The number of hydrogen-bond acceptors (Lipinski definition) is 3. The van der Waals surface area contributed by atoms with Gasteiger partial charge in [0.05, 0.1) is 10.9 Å². The Bertz CT molecular complexity index is 1090. The summed E-state index contributed by atoms with van der Waals surface area (Å²) in [5.74, 6) is -2.88. The second-order valence-electron chi connectivity index (χ2n) is 5.45. The first-order chi connectivity index (χ1) is 11.9.